The maximum absolute atomic E-state index is 5.17. The van der Waals surface area contributed by atoms with Gasteiger partial charge < -0.3 is 15.2 Å². The molecule has 0 saturated carbocycles. The predicted octanol–water partition coefficient (Wildman–Crippen LogP) is 1.96. The second-order valence-corrected chi connectivity index (χ2v) is 2.75. The minimum absolute atomic E-state index is 0. The summed E-state index contributed by atoms with van der Waals surface area (Å²) in [5.41, 5.74) is 4.93. The van der Waals surface area contributed by atoms with E-state index in [0.717, 1.165) is 0 Å². The molecule has 0 aromatic heterocycles. The Bertz CT molecular complexity index is 73.9. The SMILES string of the molecule is CC.CC(C)(C)OCOCN.[HH]. The molecular formula is C8H23NO2. The van der Waals surface area contributed by atoms with E-state index in [2.05, 4.69) is 0 Å². The monoisotopic (exact) mass is 165 g/mol. The Kier molecular flexibility index (Phi) is 9.77. The third-order valence-electron chi connectivity index (χ3n) is 0.693. The molecule has 0 saturated heterocycles. The average Bonchev–Trinajstić information content (AvgIpc) is 1.90. The van der Waals surface area contributed by atoms with Crippen molar-refractivity contribution >= 4 is 0 Å². The highest BCUT2D eigenvalue weighted by atomic mass is 16.7. The van der Waals surface area contributed by atoms with Crippen LogP contribution in [0.25, 0.3) is 0 Å². The molecule has 3 nitrogen and oxygen atoms in total. The Hall–Kier alpha value is -0.120. The third-order valence-corrected chi connectivity index (χ3v) is 0.693. The molecule has 3 heteroatoms. The number of ether oxygens (including phenoxy) is 2. The van der Waals surface area contributed by atoms with Crippen LogP contribution in [-0.4, -0.2) is 19.1 Å². The quantitative estimate of drug-likeness (QED) is 0.513. The first-order chi connectivity index (χ1) is 5.06. The van der Waals surface area contributed by atoms with E-state index in [4.69, 9.17) is 15.2 Å². The minimum atomic E-state index is -0.130. The van der Waals surface area contributed by atoms with Gasteiger partial charge in [0, 0.05) is 1.43 Å². The molecular weight excluding hydrogens is 142 g/mol. The van der Waals surface area contributed by atoms with Gasteiger partial charge in [0.2, 0.25) is 0 Å². The highest BCUT2D eigenvalue weighted by Crippen LogP contribution is 2.05. The summed E-state index contributed by atoms with van der Waals surface area (Å²) < 4.78 is 9.93. The van der Waals surface area contributed by atoms with E-state index in [1.165, 1.54) is 0 Å². The molecule has 0 aliphatic heterocycles. The summed E-state index contributed by atoms with van der Waals surface area (Å²) in [6.07, 6.45) is 0. The molecule has 0 rings (SSSR count). The van der Waals surface area contributed by atoms with E-state index in [0.29, 0.717) is 0 Å². The lowest BCUT2D eigenvalue weighted by Gasteiger charge is -2.18. The zero-order chi connectivity index (χ0) is 9.33. The van der Waals surface area contributed by atoms with Crippen molar-refractivity contribution in [1.29, 1.82) is 0 Å². The first-order valence-corrected chi connectivity index (χ1v) is 3.98. The van der Waals surface area contributed by atoms with Gasteiger partial charge in [-0.1, -0.05) is 13.8 Å². The Morgan fingerprint density at radius 3 is 2.00 bits per heavy atom. The average molecular weight is 165 g/mol. The normalized spacial score (nSPS) is 10.4. The van der Waals surface area contributed by atoms with E-state index in [-0.39, 0.29) is 20.6 Å². The maximum Gasteiger partial charge on any atom is 0.149 e. The van der Waals surface area contributed by atoms with E-state index in [1.54, 1.807) is 0 Å². The Labute approximate surface area is 71.4 Å². The van der Waals surface area contributed by atoms with Crippen LogP contribution in [0.2, 0.25) is 0 Å². The molecule has 0 radical (unpaired) electrons. The first kappa shape index (κ1) is 13.5. The molecule has 0 spiro atoms. The molecule has 0 aromatic carbocycles. The lowest BCUT2D eigenvalue weighted by Crippen LogP contribution is -2.22. The van der Waals surface area contributed by atoms with Crippen molar-refractivity contribution in [1.82, 2.24) is 0 Å². The molecule has 0 aliphatic rings. The highest BCUT2D eigenvalue weighted by Gasteiger charge is 2.08. The molecule has 72 valence electrons. The van der Waals surface area contributed by atoms with Crippen LogP contribution in [0.5, 0.6) is 0 Å². The topological polar surface area (TPSA) is 44.5 Å². The van der Waals surface area contributed by atoms with Gasteiger partial charge >= 0.3 is 0 Å². The number of hydrogen-bond acceptors (Lipinski definition) is 3. The molecule has 0 amide bonds. The summed E-state index contributed by atoms with van der Waals surface area (Å²) in [5, 5.41) is 0. The van der Waals surface area contributed by atoms with Crippen molar-refractivity contribution in [2.24, 2.45) is 5.73 Å². The van der Waals surface area contributed by atoms with E-state index in [9.17, 15) is 0 Å². The summed E-state index contributed by atoms with van der Waals surface area (Å²) in [4.78, 5) is 0. The molecule has 0 bridgehead atoms. The van der Waals surface area contributed by atoms with Crippen molar-refractivity contribution in [3.05, 3.63) is 0 Å². The van der Waals surface area contributed by atoms with Crippen LogP contribution in [0.1, 0.15) is 36.0 Å². The molecule has 0 unspecified atom stereocenters. The lowest BCUT2D eigenvalue weighted by molar-refractivity contribution is -0.118. The number of hydrogen-bond donors (Lipinski definition) is 1. The van der Waals surface area contributed by atoms with Crippen LogP contribution >= 0.6 is 0 Å². The Morgan fingerprint density at radius 1 is 1.27 bits per heavy atom. The summed E-state index contributed by atoms with van der Waals surface area (Å²) >= 11 is 0. The fraction of sp³-hybridized carbons (Fsp3) is 1.00. The van der Waals surface area contributed by atoms with Gasteiger partial charge in [-0.05, 0) is 20.8 Å². The molecule has 0 atom stereocenters. The Balaban J connectivity index is -0.000000249. The van der Waals surface area contributed by atoms with Gasteiger partial charge in [0.05, 0.1) is 12.3 Å². The van der Waals surface area contributed by atoms with Crippen LogP contribution < -0.4 is 5.73 Å². The summed E-state index contributed by atoms with van der Waals surface area (Å²) in [7, 11) is 0. The van der Waals surface area contributed by atoms with Crippen LogP contribution in [0.4, 0.5) is 0 Å². The van der Waals surface area contributed by atoms with Gasteiger partial charge in [0.1, 0.15) is 6.79 Å². The van der Waals surface area contributed by atoms with Crippen molar-refractivity contribution in [2.45, 2.75) is 40.2 Å². The van der Waals surface area contributed by atoms with Crippen LogP contribution in [0.15, 0.2) is 0 Å². The summed E-state index contributed by atoms with van der Waals surface area (Å²) in [6, 6.07) is 0. The fourth-order valence-corrected chi connectivity index (χ4v) is 0.267. The van der Waals surface area contributed by atoms with E-state index in [1.807, 2.05) is 34.6 Å². The van der Waals surface area contributed by atoms with Crippen LogP contribution in [-0.2, 0) is 9.47 Å². The van der Waals surface area contributed by atoms with Gasteiger partial charge in [-0.3, -0.25) is 0 Å². The zero-order valence-electron chi connectivity index (χ0n) is 8.31. The highest BCUT2D eigenvalue weighted by molar-refractivity contribution is 4.56. The smallest absolute Gasteiger partial charge is 0.149 e. The van der Waals surface area contributed by atoms with Crippen molar-refractivity contribution in [2.75, 3.05) is 13.5 Å². The molecule has 0 heterocycles. The third kappa shape index (κ3) is 17.7. The van der Waals surface area contributed by atoms with Crippen molar-refractivity contribution in [3.8, 4) is 0 Å². The molecule has 0 aliphatic carbocycles. The van der Waals surface area contributed by atoms with Crippen molar-refractivity contribution < 1.29 is 10.9 Å². The van der Waals surface area contributed by atoms with Gasteiger partial charge in [-0.2, -0.15) is 0 Å². The van der Waals surface area contributed by atoms with Crippen LogP contribution in [0, 0.1) is 0 Å². The Morgan fingerprint density at radius 2 is 1.73 bits per heavy atom. The van der Waals surface area contributed by atoms with E-state index < -0.39 is 0 Å². The summed E-state index contributed by atoms with van der Waals surface area (Å²) in [6.45, 7) is 10.4. The molecule has 2 N–H and O–H groups in total. The maximum atomic E-state index is 5.17. The molecule has 11 heavy (non-hydrogen) atoms. The predicted molar refractivity (Wildman–Crippen MR) is 49.3 cm³/mol. The molecule has 0 fully saturated rings. The second kappa shape index (κ2) is 7.98. The standard InChI is InChI=1S/C6H15NO2.C2H6.H2/c1-6(2,3)9-5-8-4-7;1-2;/h4-5,7H2,1-3H3;1-2H3;1H. The zero-order valence-corrected chi connectivity index (χ0v) is 8.31. The first-order valence-electron chi connectivity index (χ1n) is 3.98. The lowest BCUT2D eigenvalue weighted by atomic mass is 10.2. The largest absolute Gasteiger partial charge is 0.350 e. The van der Waals surface area contributed by atoms with Crippen molar-refractivity contribution in [3.63, 3.8) is 0 Å². The number of rotatable bonds is 3. The molecule has 0 aromatic rings. The van der Waals surface area contributed by atoms with E-state index >= 15 is 0 Å². The number of nitrogens with two attached hydrogens (primary N) is 1. The van der Waals surface area contributed by atoms with Gasteiger partial charge in [0.15, 0.2) is 0 Å². The van der Waals surface area contributed by atoms with Crippen LogP contribution in [0.3, 0.4) is 0 Å². The van der Waals surface area contributed by atoms with Gasteiger partial charge in [0.25, 0.3) is 0 Å². The second-order valence-electron chi connectivity index (χ2n) is 2.75. The van der Waals surface area contributed by atoms with Gasteiger partial charge in [-0.15, -0.1) is 0 Å². The van der Waals surface area contributed by atoms with Gasteiger partial charge in [-0.25, -0.2) is 0 Å². The fourth-order valence-electron chi connectivity index (χ4n) is 0.267. The minimum Gasteiger partial charge on any atom is -0.350 e. The summed E-state index contributed by atoms with van der Waals surface area (Å²) in [5.74, 6) is 0.